The number of Topliss-reactive ketones (excluding diaryl/α,β-unsaturated/α-hetero) is 1. The van der Waals surface area contributed by atoms with Crippen molar-refractivity contribution >= 4 is 27.7 Å². The summed E-state index contributed by atoms with van der Waals surface area (Å²) in [6.07, 6.45) is -0.263. The van der Waals surface area contributed by atoms with Gasteiger partial charge in [-0.1, -0.05) is 46.3 Å². The third kappa shape index (κ3) is 4.17. The SMILES string of the molecule is CCOC(=O)[C@@](C#N)(CCC(=O)c1ccc(Br)cc1)c1ccccc1F. The summed E-state index contributed by atoms with van der Waals surface area (Å²) in [6, 6.07) is 14.2. The van der Waals surface area contributed by atoms with Crippen LogP contribution in [-0.4, -0.2) is 18.4 Å². The van der Waals surface area contributed by atoms with Gasteiger partial charge < -0.3 is 4.74 Å². The Morgan fingerprint density at radius 2 is 1.85 bits per heavy atom. The van der Waals surface area contributed by atoms with E-state index in [0.717, 1.165) is 4.47 Å². The molecule has 0 unspecified atom stereocenters. The monoisotopic (exact) mass is 417 g/mol. The number of carbonyl (C=O) groups excluding carboxylic acids is 2. The molecule has 0 amide bonds. The standard InChI is InChI=1S/C20H17BrFNO3/c1-2-26-19(25)20(13-23,16-5-3-4-6-17(16)22)12-11-18(24)14-7-9-15(21)10-8-14/h3-10H,2,11-12H2,1H3/t20-/m1/s1. The molecule has 2 aromatic carbocycles. The highest BCUT2D eigenvalue weighted by atomic mass is 79.9. The molecular formula is C20H17BrFNO3. The summed E-state index contributed by atoms with van der Waals surface area (Å²) >= 11 is 3.29. The van der Waals surface area contributed by atoms with E-state index in [4.69, 9.17) is 4.74 Å². The first kappa shape index (κ1) is 19.8. The fourth-order valence-electron chi connectivity index (χ4n) is 2.65. The summed E-state index contributed by atoms with van der Waals surface area (Å²) in [5, 5.41) is 9.74. The average Bonchev–Trinajstić information content (AvgIpc) is 2.64. The van der Waals surface area contributed by atoms with Gasteiger partial charge in [0.25, 0.3) is 0 Å². The number of carbonyl (C=O) groups is 2. The molecule has 2 aromatic rings. The topological polar surface area (TPSA) is 67.2 Å². The van der Waals surface area contributed by atoms with Gasteiger partial charge in [-0.25, -0.2) is 9.18 Å². The minimum absolute atomic E-state index is 0.0530. The highest BCUT2D eigenvalue weighted by Crippen LogP contribution is 2.33. The lowest BCUT2D eigenvalue weighted by atomic mass is 9.76. The third-order valence-corrected chi connectivity index (χ3v) is 4.57. The van der Waals surface area contributed by atoms with Crippen molar-refractivity contribution in [1.29, 1.82) is 5.26 Å². The van der Waals surface area contributed by atoms with E-state index in [1.54, 1.807) is 37.3 Å². The summed E-state index contributed by atoms with van der Waals surface area (Å²) in [7, 11) is 0. The van der Waals surface area contributed by atoms with E-state index in [2.05, 4.69) is 15.9 Å². The van der Waals surface area contributed by atoms with Crippen LogP contribution in [-0.2, 0) is 14.9 Å². The number of hydrogen-bond donors (Lipinski definition) is 0. The molecule has 1 atom stereocenters. The van der Waals surface area contributed by atoms with Crippen LogP contribution in [0, 0.1) is 17.1 Å². The fourth-order valence-corrected chi connectivity index (χ4v) is 2.92. The molecule has 0 spiro atoms. The van der Waals surface area contributed by atoms with Crippen molar-refractivity contribution < 1.29 is 18.7 Å². The van der Waals surface area contributed by atoms with E-state index in [0.29, 0.717) is 5.56 Å². The van der Waals surface area contributed by atoms with Gasteiger partial charge >= 0.3 is 5.97 Å². The van der Waals surface area contributed by atoms with Gasteiger partial charge in [-0.05, 0) is 31.5 Å². The molecule has 26 heavy (non-hydrogen) atoms. The van der Waals surface area contributed by atoms with Crippen LogP contribution in [0.2, 0.25) is 0 Å². The Bertz CT molecular complexity index is 845. The smallest absolute Gasteiger partial charge is 0.331 e. The van der Waals surface area contributed by atoms with E-state index >= 15 is 0 Å². The van der Waals surface area contributed by atoms with Crippen molar-refractivity contribution in [3.05, 3.63) is 69.9 Å². The number of nitrogens with zero attached hydrogens (tertiary/aromatic N) is 1. The summed E-state index contributed by atoms with van der Waals surface area (Å²) in [6.45, 7) is 1.66. The van der Waals surface area contributed by atoms with Crippen LogP contribution >= 0.6 is 15.9 Å². The maximum Gasteiger partial charge on any atom is 0.331 e. The zero-order valence-electron chi connectivity index (χ0n) is 14.2. The zero-order chi connectivity index (χ0) is 19.2. The maximum absolute atomic E-state index is 14.3. The zero-order valence-corrected chi connectivity index (χ0v) is 15.8. The highest BCUT2D eigenvalue weighted by molar-refractivity contribution is 9.10. The number of halogens is 2. The van der Waals surface area contributed by atoms with Crippen molar-refractivity contribution in [2.24, 2.45) is 0 Å². The van der Waals surface area contributed by atoms with Crippen LogP contribution in [0.3, 0.4) is 0 Å². The number of ketones is 1. The normalized spacial score (nSPS) is 12.7. The van der Waals surface area contributed by atoms with Gasteiger partial charge in [0.05, 0.1) is 12.7 Å². The molecule has 0 aliphatic rings. The first-order valence-corrected chi connectivity index (χ1v) is 8.86. The van der Waals surface area contributed by atoms with E-state index in [-0.39, 0.29) is 30.8 Å². The Labute approximate surface area is 159 Å². The van der Waals surface area contributed by atoms with Gasteiger partial charge in [0, 0.05) is 22.0 Å². The lowest BCUT2D eigenvalue weighted by Crippen LogP contribution is -2.37. The summed E-state index contributed by atoms with van der Waals surface area (Å²) < 4.78 is 20.2. The second-order valence-corrected chi connectivity index (χ2v) is 6.56. The molecule has 0 fully saturated rings. The molecule has 6 heteroatoms. The second-order valence-electron chi connectivity index (χ2n) is 5.65. The largest absolute Gasteiger partial charge is 0.465 e. The minimum atomic E-state index is -1.87. The molecular weight excluding hydrogens is 401 g/mol. The van der Waals surface area contributed by atoms with Gasteiger partial charge in [-0.3, -0.25) is 4.79 Å². The average molecular weight is 418 g/mol. The van der Waals surface area contributed by atoms with Crippen LogP contribution in [0.25, 0.3) is 0 Å². The maximum atomic E-state index is 14.3. The molecule has 0 saturated carbocycles. The van der Waals surface area contributed by atoms with Crippen LogP contribution in [0.5, 0.6) is 0 Å². The molecule has 0 heterocycles. The van der Waals surface area contributed by atoms with Gasteiger partial charge in [0.1, 0.15) is 5.82 Å². The van der Waals surface area contributed by atoms with Crippen LogP contribution < -0.4 is 0 Å². The Morgan fingerprint density at radius 3 is 2.42 bits per heavy atom. The highest BCUT2D eigenvalue weighted by Gasteiger charge is 2.44. The molecule has 0 aromatic heterocycles. The van der Waals surface area contributed by atoms with E-state index in [9.17, 15) is 19.2 Å². The quantitative estimate of drug-likeness (QED) is 0.488. The Balaban J connectivity index is 2.34. The van der Waals surface area contributed by atoms with Gasteiger partial charge in [-0.2, -0.15) is 5.26 Å². The van der Waals surface area contributed by atoms with E-state index in [1.165, 1.54) is 18.2 Å². The summed E-state index contributed by atoms with van der Waals surface area (Å²) in [5.74, 6) is -1.77. The number of benzene rings is 2. The molecule has 0 saturated heterocycles. The first-order valence-electron chi connectivity index (χ1n) is 8.07. The number of esters is 1. The lowest BCUT2D eigenvalue weighted by molar-refractivity contribution is -0.148. The minimum Gasteiger partial charge on any atom is -0.465 e. The number of nitriles is 1. The predicted octanol–water partition coefficient (Wildman–Crippen LogP) is 4.58. The predicted molar refractivity (Wildman–Crippen MR) is 98.0 cm³/mol. The molecule has 2 rings (SSSR count). The Hall–Kier alpha value is -2.52. The molecule has 4 nitrogen and oxygen atoms in total. The lowest BCUT2D eigenvalue weighted by Gasteiger charge is -2.25. The van der Waals surface area contributed by atoms with E-state index < -0.39 is 17.2 Å². The van der Waals surface area contributed by atoms with Gasteiger partial charge in [0.15, 0.2) is 11.2 Å². The van der Waals surface area contributed by atoms with Crippen LogP contribution in [0.15, 0.2) is 53.0 Å². The van der Waals surface area contributed by atoms with Crippen molar-refractivity contribution in [3.8, 4) is 6.07 Å². The molecule has 0 N–H and O–H groups in total. The fraction of sp³-hybridized carbons (Fsp3) is 0.250. The van der Waals surface area contributed by atoms with Crippen LogP contribution in [0.1, 0.15) is 35.7 Å². The van der Waals surface area contributed by atoms with Crippen molar-refractivity contribution in [2.75, 3.05) is 6.61 Å². The van der Waals surface area contributed by atoms with Crippen molar-refractivity contribution in [2.45, 2.75) is 25.2 Å². The molecule has 134 valence electrons. The second kappa shape index (κ2) is 8.72. The third-order valence-electron chi connectivity index (χ3n) is 4.04. The first-order chi connectivity index (χ1) is 12.4. The molecule has 0 radical (unpaired) electrons. The summed E-state index contributed by atoms with van der Waals surface area (Å²) in [4.78, 5) is 25.0. The van der Waals surface area contributed by atoms with Gasteiger partial charge in [-0.15, -0.1) is 0 Å². The Morgan fingerprint density at radius 1 is 1.19 bits per heavy atom. The van der Waals surface area contributed by atoms with Gasteiger partial charge in [0.2, 0.25) is 0 Å². The van der Waals surface area contributed by atoms with Crippen molar-refractivity contribution in [3.63, 3.8) is 0 Å². The van der Waals surface area contributed by atoms with E-state index in [1.807, 2.05) is 6.07 Å². The molecule has 0 bridgehead atoms. The van der Waals surface area contributed by atoms with Crippen LogP contribution in [0.4, 0.5) is 4.39 Å². The summed E-state index contributed by atoms with van der Waals surface area (Å²) in [5.41, 5.74) is -1.49. The number of ether oxygens (including phenoxy) is 1. The molecule has 0 aliphatic heterocycles. The Kier molecular flexibility index (Phi) is 6.64. The van der Waals surface area contributed by atoms with Crippen molar-refractivity contribution in [1.82, 2.24) is 0 Å². The number of hydrogen-bond acceptors (Lipinski definition) is 4. The number of rotatable bonds is 7. The molecule has 0 aliphatic carbocycles.